The van der Waals surface area contributed by atoms with Crippen molar-refractivity contribution in [2.45, 2.75) is 18.2 Å². The second kappa shape index (κ2) is 6.84. The fourth-order valence-electron chi connectivity index (χ4n) is 3.89. The van der Waals surface area contributed by atoms with E-state index in [2.05, 4.69) is 16.9 Å². The number of hydrazine groups is 1. The van der Waals surface area contributed by atoms with Gasteiger partial charge in [-0.1, -0.05) is 24.3 Å². The van der Waals surface area contributed by atoms with Gasteiger partial charge in [-0.05, 0) is 23.3 Å². The average molecular weight is 379 g/mol. The van der Waals surface area contributed by atoms with E-state index in [0.29, 0.717) is 5.56 Å². The van der Waals surface area contributed by atoms with Gasteiger partial charge in [0.2, 0.25) is 5.88 Å². The van der Waals surface area contributed by atoms with Gasteiger partial charge in [0.05, 0.1) is 16.5 Å². The molecule has 2 aliphatic heterocycles. The van der Waals surface area contributed by atoms with Gasteiger partial charge >= 0.3 is 0 Å². The molecule has 4 rings (SSSR count). The smallest absolute Gasteiger partial charge is 0.269 e. The lowest BCUT2D eigenvalue weighted by Crippen LogP contribution is -2.40. The number of aromatic hydroxyl groups is 1. The van der Waals surface area contributed by atoms with Crippen LogP contribution < -0.4 is 16.6 Å². The SMILES string of the molecule is N#CC1=C(N)OC2NNC(c3cccc([N+](=O)[O-])c3)C2C1c1ccc(O)cc1. The fourth-order valence-corrected chi connectivity index (χ4v) is 3.89. The quantitative estimate of drug-likeness (QED) is 0.467. The summed E-state index contributed by atoms with van der Waals surface area (Å²) in [6, 6.07) is 14.7. The Kier molecular flexibility index (Phi) is 4.35. The number of nitrogens with zero attached hydrogens (tertiary/aromatic N) is 2. The molecular weight excluding hydrogens is 362 g/mol. The molecule has 2 aliphatic rings. The summed E-state index contributed by atoms with van der Waals surface area (Å²) >= 11 is 0. The van der Waals surface area contributed by atoms with Crippen LogP contribution in [0.15, 0.2) is 60.0 Å². The number of non-ortho nitro benzene ring substituents is 1. The molecule has 9 nitrogen and oxygen atoms in total. The summed E-state index contributed by atoms with van der Waals surface area (Å²) in [7, 11) is 0. The molecule has 0 spiro atoms. The summed E-state index contributed by atoms with van der Waals surface area (Å²) in [5.74, 6) is -0.568. The third-order valence-corrected chi connectivity index (χ3v) is 5.14. The van der Waals surface area contributed by atoms with Gasteiger partial charge in [-0.15, -0.1) is 0 Å². The van der Waals surface area contributed by atoms with Gasteiger partial charge < -0.3 is 15.6 Å². The monoisotopic (exact) mass is 379 g/mol. The maximum atomic E-state index is 11.2. The number of ether oxygens (including phenoxy) is 1. The number of benzene rings is 2. The van der Waals surface area contributed by atoms with Crippen molar-refractivity contribution in [3.05, 3.63) is 81.2 Å². The first-order valence-corrected chi connectivity index (χ1v) is 8.60. The molecular formula is C19H17N5O4. The van der Waals surface area contributed by atoms with Crippen molar-refractivity contribution in [3.8, 4) is 11.8 Å². The molecule has 2 aromatic carbocycles. The third kappa shape index (κ3) is 2.90. The van der Waals surface area contributed by atoms with Crippen molar-refractivity contribution in [1.29, 1.82) is 5.26 Å². The normalized spacial score (nSPS) is 26.2. The van der Waals surface area contributed by atoms with Crippen molar-refractivity contribution >= 4 is 5.69 Å². The minimum absolute atomic E-state index is 0.0174. The zero-order chi connectivity index (χ0) is 19.8. The van der Waals surface area contributed by atoms with Crippen molar-refractivity contribution in [3.63, 3.8) is 0 Å². The van der Waals surface area contributed by atoms with Crippen LogP contribution in [-0.2, 0) is 4.74 Å². The number of nitriles is 1. The largest absolute Gasteiger partial charge is 0.508 e. The van der Waals surface area contributed by atoms with Gasteiger partial charge in [-0.25, -0.2) is 10.9 Å². The first kappa shape index (κ1) is 17.8. The molecule has 0 radical (unpaired) electrons. The Balaban J connectivity index is 1.81. The van der Waals surface area contributed by atoms with Gasteiger partial charge in [0.1, 0.15) is 11.8 Å². The van der Waals surface area contributed by atoms with Crippen molar-refractivity contribution < 1.29 is 14.8 Å². The van der Waals surface area contributed by atoms with Crippen LogP contribution in [-0.4, -0.2) is 16.3 Å². The van der Waals surface area contributed by atoms with E-state index in [1.54, 1.807) is 36.4 Å². The number of hydrogen-bond acceptors (Lipinski definition) is 8. The average Bonchev–Trinajstić information content (AvgIpc) is 3.11. The number of nitro groups is 1. The van der Waals surface area contributed by atoms with Gasteiger partial charge in [0, 0.05) is 24.0 Å². The van der Waals surface area contributed by atoms with E-state index >= 15 is 0 Å². The summed E-state index contributed by atoms with van der Waals surface area (Å²) in [4.78, 5) is 10.7. The first-order valence-electron chi connectivity index (χ1n) is 8.60. The van der Waals surface area contributed by atoms with Crippen LogP contribution in [0.5, 0.6) is 5.75 Å². The van der Waals surface area contributed by atoms with Crippen LogP contribution in [0.2, 0.25) is 0 Å². The molecule has 2 heterocycles. The number of rotatable bonds is 3. The maximum absolute atomic E-state index is 11.2. The molecule has 2 aromatic rings. The molecule has 0 aromatic heterocycles. The van der Waals surface area contributed by atoms with Gasteiger partial charge in [-0.3, -0.25) is 10.1 Å². The zero-order valence-electron chi connectivity index (χ0n) is 14.6. The molecule has 1 fully saturated rings. The van der Waals surface area contributed by atoms with E-state index in [4.69, 9.17) is 10.5 Å². The molecule has 142 valence electrons. The lowest BCUT2D eigenvalue weighted by molar-refractivity contribution is -0.384. The van der Waals surface area contributed by atoms with E-state index in [1.807, 2.05) is 0 Å². The summed E-state index contributed by atoms with van der Waals surface area (Å²) in [5.41, 5.74) is 13.9. The van der Waals surface area contributed by atoms with E-state index in [9.17, 15) is 20.5 Å². The Morgan fingerprint density at radius 3 is 2.61 bits per heavy atom. The van der Waals surface area contributed by atoms with Crippen LogP contribution in [0, 0.1) is 27.4 Å². The minimum atomic E-state index is -0.528. The topological polar surface area (TPSA) is 146 Å². The van der Waals surface area contributed by atoms with E-state index in [1.165, 1.54) is 12.1 Å². The molecule has 5 N–H and O–H groups in total. The molecule has 0 amide bonds. The Morgan fingerprint density at radius 2 is 1.93 bits per heavy atom. The molecule has 1 saturated heterocycles. The number of nitrogens with one attached hydrogen (secondary N) is 2. The van der Waals surface area contributed by atoms with Crippen LogP contribution in [0.1, 0.15) is 23.1 Å². The highest BCUT2D eigenvalue weighted by Crippen LogP contribution is 2.47. The molecule has 4 atom stereocenters. The number of phenolic OH excluding ortho intramolecular Hbond substituents is 1. The predicted molar refractivity (Wildman–Crippen MR) is 98.1 cm³/mol. The maximum Gasteiger partial charge on any atom is 0.269 e. The minimum Gasteiger partial charge on any atom is -0.508 e. The van der Waals surface area contributed by atoms with Gasteiger partial charge in [0.25, 0.3) is 5.69 Å². The summed E-state index contributed by atoms with van der Waals surface area (Å²) in [5, 5.41) is 30.5. The lowest BCUT2D eigenvalue weighted by atomic mass is 9.74. The van der Waals surface area contributed by atoms with Crippen LogP contribution >= 0.6 is 0 Å². The number of nitrogens with two attached hydrogens (primary N) is 1. The number of allylic oxidation sites excluding steroid dienone is 1. The summed E-state index contributed by atoms with van der Waals surface area (Å²) in [6.45, 7) is 0. The van der Waals surface area contributed by atoms with Gasteiger partial charge in [-0.2, -0.15) is 5.26 Å². The Morgan fingerprint density at radius 1 is 1.18 bits per heavy atom. The van der Waals surface area contributed by atoms with Crippen molar-refractivity contribution in [1.82, 2.24) is 10.9 Å². The second-order valence-electron chi connectivity index (χ2n) is 6.69. The van der Waals surface area contributed by atoms with Gasteiger partial charge in [0.15, 0.2) is 6.23 Å². The van der Waals surface area contributed by atoms with Crippen LogP contribution in [0.25, 0.3) is 0 Å². The van der Waals surface area contributed by atoms with Crippen LogP contribution in [0.4, 0.5) is 5.69 Å². The molecule has 28 heavy (non-hydrogen) atoms. The molecule has 4 unspecified atom stereocenters. The second-order valence-corrected chi connectivity index (χ2v) is 6.69. The Hall–Kier alpha value is -3.61. The standard InChI is InChI=1S/C19H17N5O4/c20-9-14-15(10-4-6-13(25)7-5-10)16-17(22-23-19(16)28-18(14)21)11-2-1-3-12(8-11)24(26)27/h1-8,15-17,19,22-23,25H,21H2. The number of hydrogen-bond donors (Lipinski definition) is 4. The van der Waals surface area contributed by atoms with Crippen molar-refractivity contribution in [2.75, 3.05) is 0 Å². The van der Waals surface area contributed by atoms with Crippen molar-refractivity contribution in [2.24, 2.45) is 11.7 Å². The molecule has 0 bridgehead atoms. The van der Waals surface area contributed by atoms with E-state index in [0.717, 1.165) is 5.56 Å². The van der Waals surface area contributed by atoms with E-state index in [-0.39, 0.29) is 34.9 Å². The van der Waals surface area contributed by atoms with Crippen LogP contribution in [0.3, 0.4) is 0 Å². The first-order chi connectivity index (χ1) is 13.5. The fraction of sp³-hybridized carbons (Fsp3) is 0.211. The lowest BCUT2D eigenvalue weighted by Gasteiger charge is -2.35. The third-order valence-electron chi connectivity index (χ3n) is 5.14. The summed E-state index contributed by atoms with van der Waals surface area (Å²) < 4.78 is 5.70. The molecule has 0 saturated carbocycles. The molecule has 9 heteroatoms. The number of phenols is 1. The predicted octanol–water partition coefficient (Wildman–Crippen LogP) is 1.90. The molecule has 0 aliphatic carbocycles. The number of nitro benzene ring substituents is 1. The zero-order valence-corrected chi connectivity index (χ0v) is 14.6. The highest BCUT2D eigenvalue weighted by molar-refractivity contribution is 5.44. The summed E-state index contributed by atoms with van der Waals surface area (Å²) in [6.07, 6.45) is -0.528. The Bertz CT molecular complexity index is 998. The Labute approximate surface area is 160 Å². The van der Waals surface area contributed by atoms with E-state index < -0.39 is 17.1 Å². The number of fused-ring (bicyclic) bond motifs is 1. The highest BCUT2D eigenvalue weighted by atomic mass is 16.6. The highest BCUT2D eigenvalue weighted by Gasteiger charge is 2.49.